The fourth-order valence-electron chi connectivity index (χ4n) is 2.30. The molecular weight excluding hydrogens is 214 g/mol. The number of carbonyl (C=O) groups is 1. The second kappa shape index (κ2) is 8.48. The van der Waals surface area contributed by atoms with Crippen molar-refractivity contribution in [3.8, 4) is 0 Å². The number of amides is 1. The Bertz CT molecular complexity index is 209. The smallest absolute Gasteiger partial charge is 0.224 e. The highest BCUT2D eigenvalue weighted by Crippen LogP contribution is 2.08. The highest BCUT2D eigenvalue weighted by atomic mass is 16.1. The Morgan fingerprint density at radius 1 is 1.29 bits per heavy atom. The van der Waals surface area contributed by atoms with Crippen molar-refractivity contribution in [1.29, 1.82) is 0 Å². The second-order valence-electron chi connectivity index (χ2n) is 4.89. The average molecular weight is 241 g/mol. The predicted molar refractivity (Wildman–Crippen MR) is 70.8 cm³/mol. The van der Waals surface area contributed by atoms with Gasteiger partial charge in [-0.25, -0.2) is 0 Å². The van der Waals surface area contributed by atoms with E-state index in [1.165, 1.54) is 38.8 Å². The number of likely N-dealkylation sites (tertiary alicyclic amines) is 1. The molecule has 3 N–H and O–H groups in total. The third-order valence-corrected chi connectivity index (χ3v) is 3.57. The lowest BCUT2D eigenvalue weighted by Gasteiger charge is -2.20. The number of nitrogens with two attached hydrogens (primary N) is 1. The molecule has 0 aromatic carbocycles. The molecule has 4 nitrogen and oxygen atoms in total. The Morgan fingerprint density at radius 2 is 1.94 bits per heavy atom. The summed E-state index contributed by atoms with van der Waals surface area (Å²) < 4.78 is 0. The highest BCUT2D eigenvalue weighted by molar-refractivity contribution is 5.78. The molecule has 1 saturated heterocycles. The summed E-state index contributed by atoms with van der Waals surface area (Å²) >= 11 is 0. The van der Waals surface area contributed by atoms with Crippen molar-refractivity contribution >= 4 is 5.91 Å². The normalized spacial score (nSPS) is 19.6. The molecule has 1 unspecified atom stereocenters. The summed E-state index contributed by atoms with van der Waals surface area (Å²) in [5, 5.41) is 2.99. The molecular formula is C13H27N3O. The third-order valence-electron chi connectivity index (χ3n) is 3.57. The van der Waals surface area contributed by atoms with Crippen LogP contribution in [0.1, 0.15) is 39.0 Å². The molecule has 1 atom stereocenters. The molecule has 4 heteroatoms. The van der Waals surface area contributed by atoms with E-state index in [0.717, 1.165) is 19.5 Å². The Hall–Kier alpha value is -0.610. The van der Waals surface area contributed by atoms with Crippen LogP contribution >= 0.6 is 0 Å². The van der Waals surface area contributed by atoms with Crippen LogP contribution in [-0.2, 0) is 4.79 Å². The lowest BCUT2D eigenvalue weighted by molar-refractivity contribution is -0.124. The summed E-state index contributed by atoms with van der Waals surface area (Å²) in [6, 6.07) is 0. The maximum atomic E-state index is 11.7. The maximum Gasteiger partial charge on any atom is 0.224 e. The van der Waals surface area contributed by atoms with E-state index in [1.54, 1.807) is 0 Å². The molecule has 0 aliphatic carbocycles. The molecule has 1 fully saturated rings. The zero-order chi connectivity index (χ0) is 12.5. The minimum Gasteiger partial charge on any atom is -0.355 e. The molecule has 1 rings (SSSR count). The first-order chi connectivity index (χ1) is 8.27. The van der Waals surface area contributed by atoms with Crippen molar-refractivity contribution in [1.82, 2.24) is 10.2 Å². The molecule has 0 saturated carbocycles. The first-order valence-corrected chi connectivity index (χ1v) is 6.98. The average Bonchev–Trinajstić information content (AvgIpc) is 2.59. The van der Waals surface area contributed by atoms with Crippen molar-refractivity contribution in [3.63, 3.8) is 0 Å². The van der Waals surface area contributed by atoms with Crippen LogP contribution in [-0.4, -0.2) is 43.5 Å². The molecule has 1 heterocycles. The molecule has 0 bridgehead atoms. The van der Waals surface area contributed by atoms with Crippen molar-refractivity contribution in [2.45, 2.75) is 39.0 Å². The lowest BCUT2D eigenvalue weighted by Crippen LogP contribution is -2.39. The minimum atomic E-state index is -0.0147. The molecule has 0 spiro atoms. The first-order valence-electron chi connectivity index (χ1n) is 6.98. The van der Waals surface area contributed by atoms with Gasteiger partial charge in [0.25, 0.3) is 0 Å². The standard InChI is InChI=1S/C13H27N3O/c1-2-12(11-14)13(17)15-7-10-16-8-5-3-4-6-9-16/h12H,2-11,14H2,1H3,(H,15,17). The Kier molecular flexibility index (Phi) is 7.21. The second-order valence-corrected chi connectivity index (χ2v) is 4.89. The highest BCUT2D eigenvalue weighted by Gasteiger charge is 2.14. The number of hydrogen-bond donors (Lipinski definition) is 2. The summed E-state index contributed by atoms with van der Waals surface area (Å²) in [5.74, 6) is 0.101. The van der Waals surface area contributed by atoms with Gasteiger partial charge in [-0.15, -0.1) is 0 Å². The van der Waals surface area contributed by atoms with Crippen molar-refractivity contribution in [2.75, 3.05) is 32.7 Å². The summed E-state index contributed by atoms with van der Waals surface area (Å²) in [5.41, 5.74) is 5.55. The van der Waals surface area contributed by atoms with E-state index >= 15 is 0 Å². The zero-order valence-corrected chi connectivity index (χ0v) is 11.1. The van der Waals surface area contributed by atoms with Gasteiger partial charge in [-0.3, -0.25) is 4.79 Å². The molecule has 0 aromatic rings. The SMILES string of the molecule is CCC(CN)C(=O)NCCN1CCCCCC1. The van der Waals surface area contributed by atoms with Crippen molar-refractivity contribution in [2.24, 2.45) is 11.7 Å². The molecule has 100 valence electrons. The van der Waals surface area contributed by atoms with E-state index in [-0.39, 0.29) is 11.8 Å². The van der Waals surface area contributed by atoms with E-state index in [4.69, 9.17) is 5.73 Å². The zero-order valence-electron chi connectivity index (χ0n) is 11.1. The Labute approximate surface area is 105 Å². The van der Waals surface area contributed by atoms with Crippen molar-refractivity contribution in [3.05, 3.63) is 0 Å². The fourth-order valence-corrected chi connectivity index (χ4v) is 2.30. The number of rotatable bonds is 6. The van der Waals surface area contributed by atoms with Gasteiger partial charge in [0.2, 0.25) is 5.91 Å². The molecule has 17 heavy (non-hydrogen) atoms. The third kappa shape index (κ3) is 5.50. The van der Waals surface area contributed by atoms with Crippen LogP contribution in [0.4, 0.5) is 0 Å². The van der Waals surface area contributed by atoms with Crippen LogP contribution < -0.4 is 11.1 Å². The van der Waals surface area contributed by atoms with Gasteiger partial charge in [-0.1, -0.05) is 19.8 Å². The Morgan fingerprint density at radius 3 is 2.47 bits per heavy atom. The van der Waals surface area contributed by atoms with E-state index in [1.807, 2.05) is 6.92 Å². The predicted octanol–water partition coefficient (Wildman–Crippen LogP) is 0.964. The summed E-state index contributed by atoms with van der Waals surface area (Å²) in [6.45, 7) is 6.56. The van der Waals surface area contributed by atoms with E-state index < -0.39 is 0 Å². The van der Waals surface area contributed by atoms with E-state index in [0.29, 0.717) is 6.54 Å². The summed E-state index contributed by atoms with van der Waals surface area (Å²) in [7, 11) is 0. The molecule has 0 radical (unpaired) electrons. The van der Waals surface area contributed by atoms with Crippen molar-refractivity contribution < 1.29 is 4.79 Å². The van der Waals surface area contributed by atoms with Gasteiger partial charge in [0.15, 0.2) is 0 Å². The van der Waals surface area contributed by atoms with Gasteiger partial charge in [-0.05, 0) is 32.4 Å². The monoisotopic (exact) mass is 241 g/mol. The van der Waals surface area contributed by atoms with E-state index in [9.17, 15) is 4.79 Å². The fraction of sp³-hybridized carbons (Fsp3) is 0.923. The summed E-state index contributed by atoms with van der Waals surface area (Å²) in [6.07, 6.45) is 6.14. The topological polar surface area (TPSA) is 58.4 Å². The maximum absolute atomic E-state index is 11.7. The minimum absolute atomic E-state index is 0.0147. The van der Waals surface area contributed by atoms with Gasteiger partial charge < -0.3 is 16.0 Å². The van der Waals surface area contributed by atoms with Gasteiger partial charge in [0, 0.05) is 25.6 Å². The van der Waals surface area contributed by atoms with E-state index in [2.05, 4.69) is 10.2 Å². The van der Waals surface area contributed by atoms with Crippen LogP contribution in [0.3, 0.4) is 0 Å². The molecule has 1 aliphatic heterocycles. The first kappa shape index (κ1) is 14.5. The number of hydrogen-bond acceptors (Lipinski definition) is 3. The number of carbonyl (C=O) groups excluding carboxylic acids is 1. The lowest BCUT2D eigenvalue weighted by atomic mass is 10.1. The van der Waals surface area contributed by atoms with Gasteiger partial charge in [0.05, 0.1) is 0 Å². The van der Waals surface area contributed by atoms with Crippen LogP contribution in [0.15, 0.2) is 0 Å². The largest absolute Gasteiger partial charge is 0.355 e. The van der Waals surface area contributed by atoms with Crippen LogP contribution in [0.2, 0.25) is 0 Å². The van der Waals surface area contributed by atoms with Crippen LogP contribution in [0.5, 0.6) is 0 Å². The quantitative estimate of drug-likeness (QED) is 0.728. The van der Waals surface area contributed by atoms with Crippen LogP contribution in [0, 0.1) is 5.92 Å². The van der Waals surface area contributed by atoms with Gasteiger partial charge in [0.1, 0.15) is 0 Å². The van der Waals surface area contributed by atoms with Gasteiger partial charge >= 0.3 is 0 Å². The van der Waals surface area contributed by atoms with Gasteiger partial charge in [-0.2, -0.15) is 0 Å². The molecule has 1 aliphatic rings. The summed E-state index contributed by atoms with van der Waals surface area (Å²) in [4.78, 5) is 14.2. The number of nitrogens with one attached hydrogen (secondary N) is 1. The Balaban J connectivity index is 2.15. The number of nitrogens with zero attached hydrogens (tertiary/aromatic N) is 1. The van der Waals surface area contributed by atoms with Crippen LogP contribution in [0.25, 0.3) is 0 Å². The molecule has 1 amide bonds. The molecule has 0 aromatic heterocycles.